The number of nitroso groups, excluding NO2 is 1. The predicted octanol–water partition coefficient (Wildman–Crippen LogP) is 1.05. The van der Waals surface area contributed by atoms with Crippen molar-refractivity contribution in [3.05, 3.63) is 4.91 Å². The van der Waals surface area contributed by atoms with Gasteiger partial charge in [-0.05, 0) is 4.95 Å². The minimum atomic E-state index is -0.482. The molecule has 0 heterocycles. The standard InChI is InChI=1S/C6H14NOP/c1-5(2)9(7-8)6(3)4/h5-6H,1-4H3/p+1. The highest BCUT2D eigenvalue weighted by Gasteiger charge is 2.24. The molecule has 0 bridgehead atoms. The van der Waals surface area contributed by atoms with Crippen molar-refractivity contribution < 1.29 is 4.95 Å². The lowest BCUT2D eigenvalue weighted by Crippen LogP contribution is -2.59. The molecule has 0 aliphatic carbocycles. The third-order valence-electron chi connectivity index (χ3n) is 1.22. The van der Waals surface area contributed by atoms with Gasteiger partial charge in [-0.3, -0.25) is 0 Å². The van der Waals surface area contributed by atoms with Gasteiger partial charge in [0.25, 0.3) is 0 Å². The second kappa shape index (κ2) is 3.94. The van der Waals surface area contributed by atoms with E-state index in [0.717, 1.165) is 0 Å². The fourth-order valence-corrected chi connectivity index (χ4v) is 2.42. The Balaban J connectivity index is 3.82. The largest absolute Gasteiger partial charge is 0.236 e. The van der Waals surface area contributed by atoms with Gasteiger partial charge in [0.15, 0.2) is 0 Å². The van der Waals surface area contributed by atoms with Crippen molar-refractivity contribution in [2.24, 2.45) is 0 Å². The van der Waals surface area contributed by atoms with Crippen LogP contribution in [0.5, 0.6) is 0 Å². The lowest BCUT2D eigenvalue weighted by Gasteiger charge is -2.08. The fraction of sp³-hybridized carbons (Fsp3) is 1.00. The molecule has 1 N–H and O–H groups in total. The second-order valence-corrected chi connectivity index (χ2v) is 5.75. The summed E-state index contributed by atoms with van der Waals surface area (Å²) < 4.78 is 0. The Morgan fingerprint density at radius 2 is 1.44 bits per heavy atom. The van der Waals surface area contributed by atoms with Crippen LogP contribution in [0.1, 0.15) is 27.7 Å². The van der Waals surface area contributed by atoms with E-state index in [1.165, 1.54) is 0 Å². The zero-order chi connectivity index (χ0) is 7.44. The average Bonchev–Trinajstić information content (AvgIpc) is 1.64. The molecular weight excluding hydrogens is 133 g/mol. The van der Waals surface area contributed by atoms with Gasteiger partial charge in [0.2, 0.25) is 8.07 Å². The van der Waals surface area contributed by atoms with Crippen LogP contribution in [0.15, 0.2) is 0 Å². The summed E-state index contributed by atoms with van der Waals surface area (Å²) >= 11 is 0. The molecule has 0 aromatic heterocycles. The molecule has 2 nitrogen and oxygen atoms in total. The third-order valence-corrected chi connectivity index (χ3v) is 3.65. The van der Waals surface area contributed by atoms with Crippen molar-refractivity contribution in [1.82, 2.24) is 0 Å². The lowest BCUT2D eigenvalue weighted by atomic mass is 10.5. The summed E-state index contributed by atoms with van der Waals surface area (Å²) in [6.07, 6.45) is 0. The number of nitrogens with one attached hydrogen (secondary N) is 1. The molecule has 0 aliphatic heterocycles. The molecule has 0 spiro atoms. The summed E-state index contributed by atoms with van der Waals surface area (Å²) in [5.74, 6) is 0. The van der Waals surface area contributed by atoms with Gasteiger partial charge in [-0.15, -0.1) is 0 Å². The van der Waals surface area contributed by atoms with Crippen molar-refractivity contribution >= 4 is 8.07 Å². The molecule has 0 aromatic carbocycles. The maximum absolute atomic E-state index is 10.3. The molecule has 0 atom stereocenters. The van der Waals surface area contributed by atoms with Crippen LogP contribution in [-0.4, -0.2) is 11.3 Å². The van der Waals surface area contributed by atoms with Gasteiger partial charge in [-0.2, -0.15) is 0 Å². The number of rotatable bonds is 3. The Labute approximate surface area is 57.8 Å². The molecule has 0 unspecified atom stereocenters. The van der Waals surface area contributed by atoms with Gasteiger partial charge in [0, 0.05) is 16.2 Å². The maximum atomic E-state index is 10.3. The minimum absolute atomic E-state index is 0.482. The normalized spacial score (nSPS) is 11.4. The fourth-order valence-electron chi connectivity index (χ4n) is 0.807. The van der Waals surface area contributed by atoms with Gasteiger partial charge in [0.1, 0.15) is 0 Å². The molecule has 0 saturated heterocycles. The van der Waals surface area contributed by atoms with Crippen molar-refractivity contribution in [1.29, 1.82) is 0 Å². The summed E-state index contributed by atoms with van der Waals surface area (Å²) in [5.41, 5.74) is 0.995. The van der Waals surface area contributed by atoms with E-state index < -0.39 is 8.07 Å². The zero-order valence-corrected chi connectivity index (χ0v) is 7.40. The lowest BCUT2D eigenvalue weighted by molar-refractivity contribution is -0.294. The van der Waals surface area contributed by atoms with Crippen molar-refractivity contribution in [2.75, 3.05) is 0 Å². The zero-order valence-electron chi connectivity index (χ0n) is 6.51. The van der Waals surface area contributed by atoms with Gasteiger partial charge in [-0.25, -0.2) is 0 Å². The average molecular weight is 148 g/mol. The van der Waals surface area contributed by atoms with E-state index in [1.54, 1.807) is 0 Å². The van der Waals surface area contributed by atoms with E-state index >= 15 is 0 Å². The maximum Gasteiger partial charge on any atom is 0.236 e. The van der Waals surface area contributed by atoms with Crippen LogP contribution in [0, 0.1) is 4.91 Å². The van der Waals surface area contributed by atoms with Gasteiger partial charge < -0.3 is 0 Å². The summed E-state index contributed by atoms with van der Waals surface area (Å²) in [6, 6.07) is 0. The van der Waals surface area contributed by atoms with Crippen molar-refractivity contribution in [2.45, 2.75) is 39.0 Å². The summed E-state index contributed by atoms with van der Waals surface area (Å²) in [5, 5.41) is 0. The molecule has 54 valence electrons. The highest BCUT2D eigenvalue weighted by Crippen LogP contribution is 2.34. The first-order chi connectivity index (χ1) is 4.09. The van der Waals surface area contributed by atoms with E-state index in [2.05, 4.69) is 32.6 Å². The van der Waals surface area contributed by atoms with Gasteiger partial charge in [-0.1, -0.05) is 27.7 Å². The first-order valence-electron chi connectivity index (χ1n) is 3.25. The molecule has 0 radical (unpaired) electrons. The molecule has 0 rings (SSSR count). The first-order valence-corrected chi connectivity index (χ1v) is 4.73. The van der Waals surface area contributed by atoms with E-state index in [4.69, 9.17) is 0 Å². The third kappa shape index (κ3) is 2.90. The van der Waals surface area contributed by atoms with E-state index in [-0.39, 0.29) is 0 Å². The van der Waals surface area contributed by atoms with Crippen molar-refractivity contribution in [3.8, 4) is 0 Å². The van der Waals surface area contributed by atoms with Crippen LogP contribution in [0.25, 0.3) is 0 Å². The predicted molar refractivity (Wildman–Crippen MR) is 41.5 cm³/mol. The van der Waals surface area contributed by atoms with E-state index in [1.807, 2.05) is 0 Å². The van der Waals surface area contributed by atoms with Crippen LogP contribution >= 0.6 is 8.07 Å². The topological polar surface area (TPSA) is 31.0 Å². The molecule has 0 aromatic rings. The smallest absolute Gasteiger partial charge is 0.0528 e. The molecule has 0 saturated carbocycles. The quantitative estimate of drug-likeness (QED) is 0.596. The number of hydrogen-bond acceptors (Lipinski definition) is 1. The Morgan fingerprint density at radius 3 is 1.44 bits per heavy atom. The molecule has 3 heteroatoms. The van der Waals surface area contributed by atoms with Crippen LogP contribution in [0.2, 0.25) is 0 Å². The summed E-state index contributed by atoms with van der Waals surface area (Å²) in [7, 11) is -0.482. The Bertz CT molecular complexity index is 85.1. The summed E-state index contributed by atoms with van der Waals surface area (Å²) in [4.78, 5) is 12.4. The highest BCUT2D eigenvalue weighted by atomic mass is 31.1. The Morgan fingerprint density at radius 1 is 1.11 bits per heavy atom. The molecule has 0 amide bonds. The van der Waals surface area contributed by atoms with Crippen LogP contribution in [-0.2, 0) is 0 Å². The molecule has 0 fully saturated rings. The Hall–Kier alpha value is 0.0300. The monoisotopic (exact) mass is 148 g/mol. The van der Waals surface area contributed by atoms with Crippen LogP contribution < -0.4 is 4.95 Å². The molecule has 9 heavy (non-hydrogen) atoms. The molecule has 0 aliphatic rings. The second-order valence-electron chi connectivity index (χ2n) is 2.69. The van der Waals surface area contributed by atoms with Crippen LogP contribution in [0.4, 0.5) is 0 Å². The first kappa shape index (κ1) is 9.03. The highest BCUT2D eigenvalue weighted by molar-refractivity contribution is 7.51. The molecular formula is C6H15NOP+. The Kier molecular flexibility index (Phi) is 3.96. The SMILES string of the molecule is CC(C)P([NH+]=O)C(C)C. The van der Waals surface area contributed by atoms with Gasteiger partial charge >= 0.3 is 0 Å². The van der Waals surface area contributed by atoms with E-state index in [9.17, 15) is 4.91 Å². The van der Waals surface area contributed by atoms with Gasteiger partial charge in [0.05, 0.1) is 0 Å². The summed E-state index contributed by atoms with van der Waals surface area (Å²) in [6.45, 7) is 8.32. The number of hydrogen-bond donors (Lipinski definition) is 1. The van der Waals surface area contributed by atoms with Crippen molar-refractivity contribution in [3.63, 3.8) is 0 Å². The van der Waals surface area contributed by atoms with Crippen LogP contribution in [0.3, 0.4) is 0 Å². The minimum Gasteiger partial charge on any atom is -0.0528 e. The van der Waals surface area contributed by atoms with E-state index in [0.29, 0.717) is 11.3 Å².